The smallest absolute Gasteiger partial charge is 0.314 e. The van der Waals surface area contributed by atoms with Gasteiger partial charge in [-0.3, -0.25) is 10.1 Å². The van der Waals surface area contributed by atoms with E-state index in [1.807, 2.05) is 0 Å². The molecule has 0 aliphatic heterocycles. The van der Waals surface area contributed by atoms with Crippen molar-refractivity contribution in [3.63, 3.8) is 0 Å². The molecule has 1 N–H and O–H groups in total. The Morgan fingerprint density at radius 3 is 2.70 bits per heavy atom. The van der Waals surface area contributed by atoms with E-state index in [4.69, 9.17) is 4.74 Å². The molecule has 0 aliphatic carbocycles. The number of nitrogens with zero attached hydrogens (tertiary/aromatic N) is 1. The largest absolute Gasteiger partial charge is 0.450 e. The lowest BCUT2D eigenvalue weighted by atomic mass is 10.1. The Morgan fingerprint density at radius 1 is 1.30 bits per heavy atom. The highest BCUT2D eigenvalue weighted by atomic mass is 19.1. The number of para-hydroxylation sites is 1. The van der Waals surface area contributed by atoms with Crippen LogP contribution in [0.5, 0.6) is 11.5 Å². The lowest BCUT2D eigenvalue weighted by molar-refractivity contribution is -0.386. The predicted molar refractivity (Wildman–Crippen MR) is 70.2 cm³/mol. The number of nitro benzene ring substituents is 1. The Hall–Kier alpha value is -2.47. The summed E-state index contributed by atoms with van der Waals surface area (Å²) in [4.78, 5) is 10.5. The second kappa shape index (κ2) is 5.66. The highest BCUT2D eigenvalue weighted by molar-refractivity contribution is 5.54. The SMILES string of the molecule is Cc1cccc(Oc2ccc(F)cc2CO)c1[N+](=O)[O-]. The zero-order valence-corrected chi connectivity index (χ0v) is 10.7. The fraction of sp³-hybridized carbons (Fsp3) is 0.143. The number of aliphatic hydroxyl groups is 1. The van der Waals surface area contributed by atoms with Gasteiger partial charge in [-0.15, -0.1) is 0 Å². The van der Waals surface area contributed by atoms with Crippen molar-refractivity contribution >= 4 is 5.69 Å². The Bertz CT molecular complexity index is 658. The number of hydrogen-bond acceptors (Lipinski definition) is 4. The van der Waals surface area contributed by atoms with Crippen LogP contribution in [-0.4, -0.2) is 10.0 Å². The molecule has 0 aliphatic rings. The van der Waals surface area contributed by atoms with Crippen molar-refractivity contribution in [2.45, 2.75) is 13.5 Å². The second-order valence-electron chi connectivity index (χ2n) is 4.19. The third-order valence-corrected chi connectivity index (χ3v) is 2.80. The van der Waals surface area contributed by atoms with Crippen molar-refractivity contribution in [2.24, 2.45) is 0 Å². The van der Waals surface area contributed by atoms with Crippen LogP contribution in [0.3, 0.4) is 0 Å². The molecule has 0 saturated heterocycles. The lowest BCUT2D eigenvalue weighted by Gasteiger charge is -2.10. The minimum atomic E-state index is -0.535. The standard InChI is InChI=1S/C14H12FNO4/c1-9-3-2-4-13(14(9)16(18)19)20-12-6-5-11(15)7-10(12)8-17/h2-7,17H,8H2,1H3. The minimum absolute atomic E-state index is 0.0521. The average Bonchev–Trinajstić information content (AvgIpc) is 2.40. The van der Waals surface area contributed by atoms with Crippen LogP contribution in [0.25, 0.3) is 0 Å². The van der Waals surface area contributed by atoms with Gasteiger partial charge in [-0.25, -0.2) is 4.39 Å². The van der Waals surface area contributed by atoms with E-state index in [9.17, 15) is 19.6 Å². The lowest BCUT2D eigenvalue weighted by Crippen LogP contribution is -1.98. The van der Waals surface area contributed by atoms with Crippen LogP contribution in [0.2, 0.25) is 0 Å². The van der Waals surface area contributed by atoms with Gasteiger partial charge in [-0.05, 0) is 31.2 Å². The molecule has 0 unspecified atom stereocenters. The van der Waals surface area contributed by atoms with Gasteiger partial charge in [0.25, 0.3) is 0 Å². The quantitative estimate of drug-likeness (QED) is 0.687. The molecular weight excluding hydrogens is 265 g/mol. The van der Waals surface area contributed by atoms with E-state index in [-0.39, 0.29) is 22.7 Å². The molecule has 0 fully saturated rings. The average molecular weight is 277 g/mol. The first-order valence-electron chi connectivity index (χ1n) is 5.84. The normalized spacial score (nSPS) is 10.3. The Morgan fingerprint density at radius 2 is 2.05 bits per heavy atom. The number of ether oxygens (including phenoxy) is 1. The molecule has 0 heterocycles. The molecule has 2 aromatic carbocycles. The van der Waals surface area contributed by atoms with Crippen LogP contribution in [-0.2, 0) is 6.61 Å². The number of halogens is 1. The van der Waals surface area contributed by atoms with Gasteiger partial charge < -0.3 is 9.84 Å². The first-order chi connectivity index (χ1) is 9.52. The van der Waals surface area contributed by atoms with Gasteiger partial charge in [0.2, 0.25) is 5.75 Å². The third kappa shape index (κ3) is 2.75. The topological polar surface area (TPSA) is 72.6 Å². The van der Waals surface area contributed by atoms with Crippen molar-refractivity contribution in [3.05, 3.63) is 63.5 Å². The molecule has 2 aromatic rings. The van der Waals surface area contributed by atoms with E-state index in [1.165, 1.54) is 12.1 Å². The van der Waals surface area contributed by atoms with Gasteiger partial charge in [0.05, 0.1) is 11.5 Å². The number of aliphatic hydroxyl groups excluding tert-OH is 1. The van der Waals surface area contributed by atoms with Crippen molar-refractivity contribution in [2.75, 3.05) is 0 Å². The van der Waals surface area contributed by atoms with Crippen molar-refractivity contribution in [3.8, 4) is 11.5 Å². The van der Waals surface area contributed by atoms with Gasteiger partial charge in [-0.2, -0.15) is 0 Å². The molecule has 0 radical (unpaired) electrons. The summed E-state index contributed by atoms with van der Waals surface area (Å²) in [5.74, 6) is -0.279. The van der Waals surface area contributed by atoms with Crippen LogP contribution in [0.4, 0.5) is 10.1 Å². The molecule has 0 atom stereocenters. The van der Waals surface area contributed by atoms with E-state index in [0.717, 1.165) is 12.1 Å². The molecule has 6 heteroatoms. The number of benzene rings is 2. The monoisotopic (exact) mass is 277 g/mol. The summed E-state index contributed by atoms with van der Waals surface area (Å²) in [5.41, 5.74) is 0.529. The molecule has 5 nitrogen and oxygen atoms in total. The summed E-state index contributed by atoms with van der Waals surface area (Å²) in [6.07, 6.45) is 0. The maximum absolute atomic E-state index is 13.1. The zero-order valence-electron chi connectivity index (χ0n) is 10.7. The summed E-state index contributed by atoms with van der Waals surface area (Å²) in [5, 5.41) is 20.2. The Balaban J connectivity index is 2.45. The molecule has 0 aromatic heterocycles. The fourth-order valence-electron chi connectivity index (χ4n) is 1.84. The van der Waals surface area contributed by atoms with E-state index in [1.54, 1.807) is 19.1 Å². The highest BCUT2D eigenvalue weighted by Gasteiger charge is 2.19. The van der Waals surface area contributed by atoms with Gasteiger partial charge in [0.15, 0.2) is 0 Å². The maximum atomic E-state index is 13.1. The van der Waals surface area contributed by atoms with Crippen LogP contribution in [0, 0.1) is 22.9 Å². The van der Waals surface area contributed by atoms with E-state index in [2.05, 4.69) is 0 Å². The minimum Gasteiger partial charge on any atom is -0.450 e. The first-order valence-corrected chi connectivity index (χ1v) is 5.84. The number of nitro groups is 1. The number of hydrogen-bond donors (Lipinski definition) is 1. The summed E-state index contributed by atoms with van der Waals surface area (Å²) < 4.78 is 18.5. The fourth-order valence-corrected chi connectivity index (χ4v) is 1.84. The van der Waals surface area contributed by atoms with Gasteiger partial charge in [0, 0.05) is 11.1 Å². The zero-order chi connectivity index (χ0) is 14.7. The molecule has 0 amide bonds. The van der Waals surface area contributed by atoms with Crippen LogP contribution in [0.1, 0.15) is 11.1 Å². The summed E-state index contributed by atoms with van der Waals surface area (Å²) in [7, 11) is 0. The molecule has 104 valence electrons. The van der Waals surface area contributed by atoms with Gasteiger partial charge in [0.1, 0.15) is 11.6 Å². The molecular formula is C14H12FNO4. The molecule has 20 heavy (non-hydrogen) atoms. The van der Waals surface area contributed by atoms with Crippen molar-refractivity contribution < 1.29 is 19.2 Å². The third-order valence-electron chi connectivity index (χ3n) is 2.80. The first kappa shape index (κ1) is 14.0. The van der Waals surface area contributed by atoms with Gasteiger partial charge in [-0.1, -0.05) is 12.1 Å². The van der Waals surface area contributed by atoms with Crippen molar-refractivity contribution in [1.82, 2.24) is 0 Å². The predicted octanol–water partition coefficient (Wildman–Crippen LogP) is 3.33. The molecule has 0 spiro atoms. The summed E-state index contributed by atoms with van der Waals surface area (Å²) in [6, 6.07) is 8.29. The second-order valence-corrected chi connectivity index (χ2v) is 4.19. The van der Waals surface area contributed by atoms with Crippen molar-refractivity contribution in [1.29, 1.82) is 0 Å². The van der Waals surface area contributed by atoms with E-state index >= 15 is 0 Å². The molecule has 0 bridgehead atoms. The Kier molecular flexibility index (Phi) is 3.95. The van der Waals surface area contributed by atoms with E-state index < -0.39 is 17.3 Å². The van der Waals surface area contributed by atoms with Crippen LogP contribution < -0.4 is 4.74 Å². The summed E-state index contributed by atoms with van der Waals surface area (Å²) >= 11 is 0. The maximum Gasteiger partial charge on any atom is 0.314 e. The van der Waals surface area contributed by atoms with Gasteiger partial charge >= 0.3 is 5.69 Å². The summed E-state index contributed by atoms with van der Waals surface area (Å²) in [6.45, 7) is 1.18. The van der Waals surface area contributed by atoms with E-state index in [0.29, 0.717) is 5.56 Å². The Labute approximate surface area is 114 Å². The van der Waals surface area contributed by atoms with Crippen LogP contribution in [0.15, 0.2) is 36.4 Å². The highest BCUT2D eigenvalue weighted by Crippen LogP contribution is 2.35. The molecule has 0 saturated carbocycles. The number of aryl methyl sites for hydroxylation is 1. The van der Waals surface area contributed by atoms with Crippen LogP contribution >= 0.6 is 0 Å². The molecule has 2 rings (SSSR count). The number of rotatable bonds is 4.